The lowest BCUT2D eigenvalue weighted by molar-refractivity contribution is -0.145. The van der Waals surface area contributed by atoms with E-state index in [0.717, 1.165) is 9.88 Å². The van der Waals surface area contributed by atoms with Gasteiger partial charge in [0.25, 0.3) is 0 Å². The highest BCUT2D eigenvalue weighted by molar-refractivity contribution is 7.23. The summed E-state index contributed by atoms with van der Waals surface area (Å²) in [7, 11) is 0. The summed E-state index contributed by atoms with van der Waals surface area (Å²) in [6.07, 6.45) is 0.808. The lowest BCUT2D eigenvalue weighted by Crippen LogP contribution is -2.42. The first kappa shape index (κ1) is 17.9. The third-order valence-corrected chi connectivity index (χ3v) is 5.71. The van der Waals surface area contributed by atoms with Gasteiger partial charge in [-0.2, -0.15) is 0 Å². The number of thiazole rings is 1. The molecule has 0 radical (unpaired) electrons. The van der Waals surface area contributed by atoms with E-state index < -0.39 is 5.97 Å². The van der Waals surface area contributed by atoms with Gasteiger partial charge in [-0.05, 0) is 25.5 Å². The third-order valence-electron chi connectivity index (χ3n) is 3.42. The maximum atomic E-state index is 12.4. The van der Waals surface area contributed by atoms with E-state index >= 15 is 0 Å². The van der Waals surface area contributed by atoms with Crippen molar-refractivity contribution in [3.05, 3.63) is 27.5 Å². The topological polar surface area (TPSA) is 70.5 Å². The molecular formula is C15H17ClN2O3S2. The van der Waals surface area contributed by atoms with Crippen LogP contribution >= 0.6 is 34.3 Å². The summed E-state index contributed by atoms with van der Waals surface area (Å²) in [4.78, 5) is 30.2. The molecule has 1 atom stereocenters. The molecule has 124 valence electrons. The fourth-order valence-corrected chi connectivity index (χ4v) is 3.98. The average molecular weight is 373 g/mol. The van der Waals surface area contributed by atoms with E-state index in [4.69, 9.17) is 16.7 Å². The van der Waals surface area contributed by atoms with Crippen molar-refractivity contribution >= 4 is 46.2 Å². The van der Waals surface area contributed by atoms with E-state index in [0.29, 0.717) is 16.5 Å². The molecule has 0 saturated carbocycles. The highest BCUT2D eigenvalue weighted by Gasteiger charge is 2.22. The van der Waals surface area contributed by atoms with Crippen LogP contribution in [-0.2, 0) is 16.0 Å². The van der Waals surface area contributed by atoms with Gasteiger partial charge in [0.2, 0.25) is 5.91 Å². The van der Waals surface area contributed by atoms with Crippen LogP contribution in [0.2, 0.25) is 4.34 Å². The number of hydrogen-bond acceptors (Lipinski definition) is 5. The van der Waals surface area contributed by atoms with Crippen molar-refractivity contribution in [2.45, 2.75) is 32.7 Å². The zero-order valence-electron chi connectivity index (χ0n) is 12.8. The average Bonchev–Trinajstić information content (AvgIpc) is 3.12. The minimum atomic E-state index is -1.01. The van der Waals surface area contributed by atoms with E-state index in [1.54, 1.807) is 0 Å². The lowest BCUT2D eigenvalue weighted by atomic mass is 10.2. The van der Waals surface area contributed by atoms with Gasteiger partial charge in [-0.25, -0.2) is 4.98 Å². The molecule has 0 aliphatic rings. The smallest absolute Gasteiger partial charge is 0.323 e. The van der Waals surface area contributed by atoms with E-state index in [-0.39, 0.29) is 24.9 Å². The molecule has 0 spiro atoms. The maximum absolute atomic E-state index is 12.4. The number of aliphatic carboxylic acids is 1. The second-order valence-electron chi connectivity index (χ2n) is 5.10. The molecule has 0 bridgehead atoms. The highest BCUT2D eigenvalue weighted by Crippen LogP contribution is 2.33. The van der Waals surface area contributed by atoms with Crippen molar-refractivity contribution in [2.75, 3.05) is 6.54 Å². The highest BCUT2D eigenvalue weighted by atomic mass is 35.5. The number of thiophene rings is 1. The summed E-state index contributed by atoms with van der Waals surface area (Å²) in [5, 5.41) is 11.6. The monoisotopic (exact) mass is 372 g/mol. The number of aromatic nitrogens is 1. The number of amides is 1. The van der Waals surface area contributed by atoms with Gasteiger partial charge in [0, 0.05) is 11.4 Å². The first-order valence-electron chi connectivity index (χ1n) is 7.12. The van der Waals surface area contributed by atoms with Gasteiger partial charge < -0.3 is 10.0 Å². The Morgan fingerprint density at radius 2 is 2.17 bits per heavy atom. The molecule has 2 aromatic heterocycles. The predicted octanol–water partition coefficient (Wildman–Crippen LogP) is 3.78. The summed E-state index contributed by atoms with van der Waals surface area (Å²) in [6, 6.07) is 3.59. The van der Waals surface area contributed by atoms with Gasteiger partial charge >= 0.3 is 5.97 Å². The van der Waals surface area contributed by atoms with Crippen LogP contribution in [0.3, 0.4) is 0 Å². The summed E-state index contributed by atoms with van der Waals surface area (Å²) >= 11 is 8.81. The minimum Gasteiger partial charge on any atom is -0.480 e. The maximum Gasteiger partial charge on any atom is 0.323 e. The Hall–Kier alpha value is -1.44. The molecule has 0 aliphatic heterocycles. The third kappa shape index (κ3) is 4.76. The van der Waals surface area contributed by atoms with Crippen molar-refractivity contribution in [2.24, 2.45) is 0 Å². The van der Waals surface area contributed by atoms with Crippen LogP contribution in [0.5, 0.6) is 0 Å². The van der Waals surface area contributed by atoms with E-state index in [2.05, 4.69) is 4.98 Å². The largest absolute Gasteiger partial charge is 0.480 e. The Morgan fingerprint density at radius 1 is 1.43 bits per heavy atom. The van der Waals surface area contributed by atoms with Crippen molar-refractivity contribution in [3.63, 3.8) is 0 Å². The molecule has 23 heavy (non-hydrogen) atoms. The van der Waals surface area contributed by atoms with Crippen LogP contribution in [0.15, 0.2) is 17.5 Å². The molecule has 5 nitrogen and oxygen atoms in total. The Labute approximate surface area is 147 Å². The van der Waals surface area contributed by atoms with Gasteiger partial charge in [-0.15, -0.1) is 22.7 Å². The van der Waals surface area contributed by atoms with E-state index in [1.807, 2.05) is 31.4 Å². The van der Waals surface area contributed by atoms with Crippen LogP contribution in [0.25, 0.3) is 9.88 Å². The molecule has 1 amide bonds. The SMILES string of the molecule is CCC(C)N(CC(=O)O)C(=O)Cc1csc(-c2ccc(Cl)s2)n1. The van der Waals surface area contributed by atoms with Crippen molar-refractivity contribution in [1.29, 1.82) is 0 Å². The zero-order valence-corrected chi connectivity index (χ0v) is 15.2. The zero-order chi connectivity index (χ0) is 17.0. The van der Waals surface area contributed by atoms with E-state index in [1.165, 1.54) is 27.6 Å². The molecule has 2 rings (SSSR count). The second kappa shape index (κ2) is 7.90. The number of nitrogens with zero attached hydrogens (tertiary/aromatic N) is 2. The number of hydrogen-bond donors (Lipinski definition) is 1. The second-order valence-corrected chi connectivity index (χ2v) is 7.67. The standard InChI is InChI=1S/C15H17ClN2O3S2/c1-3-9(2)18(7-14(20)21)13(19)6-10-8-22-15(17-10)11-4-5-12(16)23-11/h4-5,8-9H,3,6-7H2,1-2H3,(H,20,21). The van der Waals surface area contributed by atoms with Gasteiger partial charge in [0.1, 0.15) is 11.6 Å². The molecule has 8 heteroatoms. The van der Waals surface area contributed by atoms with Crippen LogP contribution < -0.4 is 0 Å². The molecule has 1 unspecified atom stereocenters. The Morgan fingerprint density at radius 3 is 2.74 bits per heavy atom. The lowest BCUT2D eigenvalue weighted by Gasteiger charge is -2.26. The molecule has 0 saturated heterocycles. The fraction of sp³-hybridized carbons (Fsp3) is 0.400. The molecule has 2 heterocycles. The Balaban J connectivity index is 2.09. The molecule has 2 aromatic rings. The normalized spacial score (nSPS) is 12.1. The van der Waals surface area contributed by atoms with Crippen LogP contribution in [0.4, 0.5) is 0 Å². The van der Waals surface area contributed by atoms with E-state index in [9.17, 15) is 9.59 Å². The molecule has 0 aliphatic carbocycles. The molecule has 0 aromatic carbocycles. The van der Waals surface area contributed by atoms with Gasteiger partial charge in [-0.1, -0.05) is 18.5 Å². The minimum absolute atomic E-state index is 0.104. The fourth-order valence-electron chi connectivity index (χ4n) is 2.04. The van der Waals surface area contributed by atoms with Crippen molar-refractivity contribution < 1.29 is 14.7 Å². The number of rotatable bonds is 7. The Kier molecular flexibility index (Phi) is 6.15. The van der Waals surface area contributed by atoms with Crippen molar-refractivity contribution in [3.8, 4) is 9.88 Å². The molecule has 1 N–H and O–H groups in total. The van der Waals surface area contributed by atoms with Gasteiger partial charge in [0.15, 0.2) is 0 Å². The first-order chi connectivity index (χ1) is 10.9. The predicted molar refractivity (Wildman–Crippen MR) is 93.2 cm³/mol. The number of carboxylic acid groups (broad SMARTS) is 1. The van der Waals surface area contributed by atoms with Crippen LogP contribution in [-0.4, -0.2) is 39.5 Å². The molecule has 0 fully saturated rings. The number of halogens is 1. The van der Waals surface area contributed by atoms with Crippen LogP contribution in [0.1, 0.15) is 26.0 Å². The first-order valence-corrected chi connectivity index (χ1v) is 9.19. The quantitative estimate of drug-likeness (QED) is 0.802. The summed E-state index contributed by atoms with van der Waals surface area (Å²) < 4.78 is 0.692. The summed E-state index contributed by atoms with van der Waals surface area (Å²) in [5.74, 6) is -1.23. The van der Waals surface area contributed by atoms with Gasteiger partial charge in [-0.3, -0.25) is 9.59 Å². The molecular weight excluding hydrogens is 356 g/mol. The number of carbonyl (C=O) groups is 2. The summed E-state index contributed by atoms with van der Waals surface area (Å²) in [6.45, 7) is 3.49. The van der Waals surface area contributed by atoms with Crippen LogP contribution in [0, 0.1) is 0 Å². The number of carbonyl (C=O) groups excluding carboxylic acids is 1. The van der Waals surface area contributed by atoms with Crippen molar-refractivity contribution in [1.82, 2.24) is 9.88 Å². The number of carboxylic acids is 1. The van der Waals surface area contributed by atoms with Gasteiger partial charge in [0.05, 0.1) is 21.3 Å². The summed E-state index contributed by atoms with van der Waals surface area (Å²) in [5.41, 5.74) is 0.651. The Bertz CT molecular complexity index is 698.